The van der Waals surface area contributed by atoms with Crippen LogP contribution in [0.25, 0.3) is 0 Å². The second-order valence-electron chi connectivity index (χ2n) is 5.63. The molecule has 138 valence electrons. The quantitative estimate of drug-likeness (QED) is 0.639. The van der Waals surface area contributed by atoms with Crippen LogP contribution in [0.3, 0.4) is 0 Å². The zero-order valence-corrected chi connectivity index (χ0v) is 14.9. The van der Waals surface area contributed by atoms with E-state index < -0.39 is 0 Å². The molecule has 2 aromatic carbocycles. The molecule has 0 spiro atoms. The Morgan fingerprint density at radius 3 is 2.26 bits per heavy atom. The van der Waals surface area contributed by atoms with Gasteiger partial charge in [0.25, 0.3) is 5.91 Å². The number of rotatable bonds is 8. The SMILES string of the molecule is COc1ccccc1OCC(=O)Nc1ccc(NCc2ccccc2)nn1. The number of hydrogen-bond donors (Lipinski definition) is 2. The third kappa shape index (κ3) is 5.43. The van der Waals surface area contributed by atoms with Crippen LogP contribution in [0.1, 0.15) is 5.56 Å². The van der Waals surface area contributed by atoms with Gasteiger partial charge in [0.2, 0.25) is 0 Å². The van der Waals surface area contributed by atoms with Gasteiger partial charge < -0.3 is 20.1 Å². The van der Waals surface area contributed by atoms with Gasteiger partial charge in [0.05, 0.1) is 7.11 Å². The van der Waals surface area contributed by atoms with Crippen LogP contribution in [0.2, 0.25) is 0 Å². The number of methoxy groups -OCH3 is 1. The number of aromatic nitrogens is 2. The van der Waals surface area contributed by atoms with E-state index in [2.05, 4.69) is 20.8 Å². The van der Waals surface area contributed by atoms with Crippen LogP contribution < -0.4 is 20.1 Å². The summed E-state index contributed by atoms with van der Waals surface area (Å²) in [5.74, 6) is 1.72. The molecule has 0 radical (unpaired) electrons. The maximum absolute atomic E-state index is 12.0. The highest BCUT2D eigenvalue weighted by atomic mass is 16.5. The van der Waals surface area contributed by atoms with Crippen molar-refractivity contribution in [2.24, 2.45) is 0 Å². The molecule has 0 unspecified atom stereocenters. The highest BCUT2D eigenvalue weighted by Gasteiger charge is 2.08. The van der Waals surface area contributed by atoms with Gasteiger partial charge in [-0.25, -0.2) is 0 Å². The number of para-hydroxylation sites is 2. The Balaban J connectivity index is 1.48. The predicted molar refractivity (Wildman–Crippen MR) is 103 cm³/mol. The van der Waals surface area contributed by atoms with E-state index in [1.807, 2.05) is 42.5 Å². The van der Waals surface area contributed by atoms with Gasteiger partial charge in [-0.2, -0.15) is 0 Å². The number of hydrogen-bond acceptors (Lipinski definition) is 6. The number of anilines is 2. The van der Waals surface area contributed by atoms with E-state index in [0.29, 0.717) is 29.7 Å². The molecule has 1 heterocycles. The smallest absolute Gasteiger partial charge is 0.263 e. The van der Waals surface area contributed by atoms with Crippen LogP contribution in [0, 0.1) is 0 Å². The van der Waals surface area contributed by atoms with Gasteiger partial charge in [-0.1, -0.05) is 42.5 Å². The third-order valence-electron chi connectivity index (χ3n) is 3.68. The van der Waals surface area contributed by atoms with Gasteiger partial charge in [0.1, 0.15) is 5.82 Å². The van der Waals surface area contributed by atoms with E-state index in [1.165, 1.54) is 0 Å². The van der Waals surface area contributed by atoms with Gasteiger partial charge in [0, 0.05) is 6.54 Å². The predicted octanol–water partition coefficient (Wildman–Crippen LogP) is 3.11. The number of amides is 1. The lowest BCUT2D eigenvalue weighted by Gasteiger charge is -2.10. The highest BCUT2D eigenvalue weighted by molar-refractivity contribution is 5.90. The molecule has 0 saturated heterocycles. The number of ether oxygens (including phenoxy) is 2. The Morgan fingerprint density at radius 1 is 0.889 bits per heavy atom. The van der Waals surface area contributed by atoms with Crippen molar-refractivity contribution in [3.05, 3.63) is 72.3 Å². The highest BCUT2D eigenvalue weighted by Crippen LogP contribution is 2.25. The fourth-order valence-corrected chi connectivity index (χ4v) is 2.34. The zero-order chi connectivity index (χ0) is 18.9. The first-order valence-electron chi connectivity index (χ1n) is 8.42. The van der Waals surface area contributed by atoms with Gasteiger partial charge in [0.15, 0.2) is 23.9 Å². The summed E-state index contributed by atoms with van der Waals surface area (Å²) in [5, 5.41) is 13.9. The number of carbonyl (C=O) groups is 1. The van der Waals surface area contributed by atoms with E-state index in [-0.39, 0.29) is 12.5 Å². The molecule has 7 nitrogen and oxygen atoms in total. The summed E-state index contributed by atoms with van der Waals surface area (Å²) in [6, 6.07) is 20.6. The molecule has 27 heavy (non-hydrogen) atoms. The summed E-state index contributed by atoms with van der Waals surface area (Å²) in [6.45, 7) is 0.490. The first-order chi connectivity index (χ1) is 13.2. The lowest BCUT2D eigenvalue weighted by molar-refractivity contribution is -0.118. The van der Waals surface area contributed by atoms with Crippen LogP contribution in [-0.2, 0) is 11.3 Å². The second-order valence-corrected chi connectivity index (χ2v) is 5.63. The Hall–Kier alpha value is -3.61. The molecule has 0 fully saturated rings. The monoisotopic (exact) mass is 364 g/mol. The van der Waals surface area contributed by atoms with Crippen molar-refractivity contribution in [3.63, 3.8) is 0 Å². The summed E-state index contributed by atoms with van der Waals surface area (Å²) >= 11 is 0. The molecule has 0 saturated carbocycles. The lowest BCUT2D eigenvalue weighted by Crippen LogP contribution is -2.21. The maximum Gasteiger partial charge on any atom is 0.263 e. The Morgan fingerprint density at radius 2 is 1.56 bits per heavy atom. The second kappa shape index (κ2) is 9.19. The van der Waals surface area contributed by atoms with Crippen molar-refractivity contribution >= 4 is 17.5 Å². The van der Waals surface area contributed by atoms with Crippen LogP contribution in [0.5, 0.6) is 11.5 Å². The third-order valence-corrected chi connectivity index (χ3v) is 3.68. The largest absolute Gasteiger partial charge is 0.493 e. The lowest BCUT2D eigenvalue weighted by atomic mass is 10.2. The first-order valence-corrected chi connectivity index (χ1v) is 8.42. The Bertz CT molecular complexity index is 870. The Labute approximate surface area is 157 Å². The van der Waals surface area contributed by atoms with Crippen LogP contribution in [0.4, 0.5) is 11.6 Å². The van der Waals surface area contributed by atoms with E-state index in [0.717, 1.165) is 5.56 Å². The van der Waals surface area contributed by atoms with Gasteiger partial charge in [-0.05, 0) is 29.8 Å². The zero-order valence-electron chi connectivity index (χ0n) is 14.9. The van der Waals surface area contributed by atoms with E-state index in [9.17, 15) is 4.79 Å². The fraction of sp³-hybridized carbons (Fsp3) is 0.150. The van der Waals surface area contributed by atoms with Crippen LogP contribution >= 0.6 is 0 Å². The van der Waals surface area contributed by atoms with Crippen LogP contribution in [-0.4, -0.2) is 29.8 Å². The standard InChI is InChI=1S/C20H20N4O3/c1-26-16-9-5-6-10-17(16)27-14-20(25)22-19-12-11-18(23-24-19)21-13-15-7-3-2-4-8-15/h2-12H,13-14H2,1H3,(H,21,23)(H,22,24,25). The molecular formula is C20H20N4O3. The van der Waals surface area contributed by atoms with Crippen molar-refractivity contribution < 1.29 is 14.3 Å². The normalized spacial score (nSPS) is 10.1. The molecule has 1 amide bonds. The number of nitrogens with zero attached hydrogens (tertiary/aromatic N) is 2. The minimum absolute atomic E-state index is 0.157. The van der Waals surface area contributed by atoms with Gasteiger partial charge in [-0.15, -0.1) is 10.2 Å². The van der Waals surface area contributed by atoms with E-state index in [4.69, 9.17) is 9.47 Å². The van der Waals surface area contributed by atoms with E-state index in [1.54, 1.807) is 31.4 Å². The molecule has 2 N–H and O–H groups in total. The number of nitrogens with one attached hydrogen (secondary N) is 2. The molecule has 0 aliphatic heterocycles. The topological polar surface area (TPSA) is 85.4 Å². The van der Waals surface area contributed by atoms with Crippen molar-refractivity contribution in [1.29, 1.82) is 0 Å². The maximum atomic E-state index is 12.0. The molecule has 3 aromatic rings. The van der Waals surface area contributed by atoms with Crippen molar-refractivity contribution in [2.45, 2.75) is 6.54 Å². The molecule has 0 atom stereocenters. The fourth-order valence-electron chi connectivity index (χ4n) is 2.34. The molecule has 3 rings (SSSR count). The summed E-state index contributed by atoms with van der Waals surface area (Å²) < 4.78 is 10.7. The number of carbonyl (C=O) groups excluding carboxylic acids is 1. The first kappa shape index (κ1) is 18.2. The summed E-state index contributed by atoms with van der Waals surface area (Å²) in [5.41, 5.74) is 1.14. The summed E-state index contributed by atoms with van der Waals surface area (Å²) in [4.78, 5) is 12.0. The molecular weight excluding hydrogens is 344 g/mol. The summed E-state index contributed by atoms with van der Waals surface area (Å²) in [6.07, 6.45) is 0. The molecule has 0 aliphatic carbocycles. The average Bonchev–Trinajstić information content (AvgIpc) is 2.72. The van der Waals surface area contributed by atoms with Crippen molar-refractivity contribution in [1.82, 2.24) is 10.2 Å². The molecule has 0 aliphatic rings. The molecule has 0 bridgehead atoms. The minimum Gasteiger partial charge on any atom is -0.493 e. The Kier molecular flexibility index (Phi) is 6.19. The molecule has 7 heteroatoms. The van der Waals surface area contributed by atoms with Gasteiger partial charge >= 0.3 is 0 Å². The van der Waals surface area contributed by atoms with Crippen molar-refractivity contribution in [3.8, 4) is 11.5 Å². The van der Waals surface area contributed by atoms with Crippen molar-refractivity contribution in [2.75, 3.05) is 24.4 Å². The molecule has 1 aromatic heterocycles. The minimum atomic E-state index is -0.333. The summed E-state index contributed by atoms with van der Waals surface area (Å²) in [7, 11) is 1.55. The van der Waals surface area contributed by atoms with Crippen LogP contribution in [0.15, 0.2) is 66.7 Å². The van der Waals surface area contributed by atoms with Gasteiger partial charge in [-0.3, -0.25) is 4.79 Å². The number of benzene rings is 2. The van der Waals surface area contributed by atoms with E-state index >= 15 is 0 Å². The average molecular weight is 364 g/mol.